The maximum absolute atomic E-state index is 6.79. The maximum atomic E-state index is 6.79. The summed E-state index contributed by atoms with van der Waals surface area (Å²) in [5.74, 6) is 3.54. The highest BCUT2D eigenvalue weighted by molar-refractivity contribution is 6.09. The molecule has 0 N–H and O–H groups in total. The summed E-state index contributed by atoms with van der Waals surface area (Å²) in [7, 11) is 0. The first kappa shape index (κ1) is 32.9. The van der Waals surface area contributed by atoms with E-state index in [1.54, 1.807) is 0 Å². The molecule has 0 aliphatic heterocycles. The zero-order valence-electron chi connectivity index (χ0n) is 30.5. The Morgan fingerprint density at radius 2 is 1.67 bits per heavy atom. The van der Waals surface area contributed by atoms with E-state index in [9.17, 15) is 0 Å². The van der Waals surface area contributed by atoms with E-state index < -0.39 is 0 Å². The van der Waals surface area contributed by atoms with Crippen LogP contribution in [0.5, 0.6) is 11.5 Å². The Morgan fingerprint density at radius 3 is 2.45 bits per heavy atom. The van der Waals surface area contributed by atoms with Crippen LogP contribution < -0.4 is 4.74 Å². The predicted molar refractivity (Wildman–Crippen MR) is 204 cm³/mol. The van der Waals surface area contributed by atoms with Gasteiger partial charge >= 0.3 is 0 Å². The second-order valence-electron chi connectivity index (χ2n) is 15.2. The lowest BCUT2D eigenvalue weighted by Gasteiger charge is -2.29. The molecule has 0 saturated carbocycles. The molecule has 0 spiro atoms. The first-order valence-electron chi connectivity index (χ1n) is 18.1. The van der Waals surface area contributed by atoms with E-state index in [1.165, 1.54) is 64.4 Å². The summed E-state index contributed by atoms with van der Waals surface area (Å²) in [4.78, 5) is 4.86. The molecular formula is C44H50N4O. The van der Waals surface area contributed by atoms with Crippen molar-refractivity contribution in [3.05, 3.63) is 119 Å². The third kappa shape index (κ3) is 6.20. The van der Waals surface area contributed by atoms with Gasteiger partial charge in [-0.05, 0) is 111 Å². The number of ether oxygens (including phenoxy) is 1. The number of hydrogen-bond acceptors (Lipinski definition) is 3. The summed E-state index contributed by atoms with van der Waals surface area (Å²) >= 11 is 0. The molecule has 7 rings (SSSR count). The van der Waals surface area contributed by atoms with E-state index in [0.717, 1.165) is 46.2 Å². The van der Waals surface area contributed by atoms with Gasteiger partial charge in [0.2, 0.25) is 0 Å². The molecule has 0 radical (unpaired) electrons. The lowest BCUT2D eigenvalue weighted by atomic mass is 9.75. The van der Waals surface area contributed by atoms with Gasteiger partial charge in [0.1, 0.15) is 17.3 Å². The van der Waals surface area contributed by atoms with Crippen LogP contribution in [0.4, 0.5) is 0 Å². The molecule has 2 atom stereocenters. The van der Waals surface area contributed by atoms with Crippen LogP contribution in [-0.2, 0) is 11.8 Å². The molecule has 49 heavy (non-hydrogen) atoms. The van der Waals surface area contributed by atoms with Crippen molar-refractivity contribution in [2.24, 2.45) is 5.92 Å². The van der Waals surface area contributed by atoms with Gasteiger partial charge in [-0.2, -0.15) is 5.10 Å². The third-order valence-corrected chi connectivity index (χ3v) is 10.5. The van der Waals surface area contributed by atoms with Gasteiger partial charge in [-0.15, -0.1) is 0 Å². The fourth-order valence-electron chi connectivity index (χ4n) is 7.90. The third-order valence-electron chi connectivity index (χ3n) is 10.5. The molecule has 1 aliphatic carbocycles. The molecule has 0 fully saturated rings. The Bertz CT molecular complexity index is 2190. The van der Waals surface area contributed by atoms with Crippen LogP contribution in [0.1, 0.15) is 101 Å². The number of unbranched alkanes of at least 4 members (excludes halogenated alkanes) is 1. The van der Waals surface area contributed by atoms with E-state index in [0.29, 0.717) is 11.8 Å². The smallest absolute Gasteiger partial charge is 0.137 e. The zero-order valence-corrected chi connectivity index (χ0v) is 30.5. The first-order valence-corrected chi connectivity index (χ1v) is 18.1. The summed E-state index contributed by atoms with van der Waals surface area (Å²) in [6.45, 7) is 18.1. The summed E-state index contributed by atoms with van der Waals surface area (Å²) in [5, 5.41) is 7.55. The first-order chi connectivity index (χ1) is 23.5. The van der Waals surface area contributed by atoms with Gasteiger partial charge in [-0.3, -0.25) is 4.57 Å². The summed E-state index contributed by atoms with van der Waals surface area (Å²) in [5.41, 5.74) is 10.9. The average Bonchev–Trinajstić information content (AvgIpc) is 3.56. The standard InChI is InChI=1S/C44H50N4O/c1-9-10-16-32-21-22-45-41(23-32)47-39-18-12-11-17-37(39)38-20-19-35(27-40(38)47)49-36-25-33(44(6,7)8)24-34(26-36)48-31(5)43(30(4)46-48)42-28(2)14-13-15-29(42)3/h11-12,14,17-27,29,42H,9-10,13,15-16H2,1-8H3/t29-,42?/m0/s1. The van der Waals surface area contributed by atoms with Crippen molar-refractivity contribution in [2.75, 3.05) is 0 Å². The van der Waals surface area contributed by atoms with E-state index in [4.69, 9.17) is 14.8 Å². The minimum Gasteiger partial charge on any atom is -0.457 e. The van der Waals surface area contributed by atoms with Gasteiger partial charge in [0.25, 0.3) is 0 Å². The van der Waals surface area contributed by atoms with Crippen LogP contribution in [0, 0.1) is 19.8 Å². The van der Waals surface area contributed by atoms with E-state index in [1.807, 2.05) is 6.20 Å². The number of para-hydroxylation sites is 1. The second-order valence-corrected chi connectivity index (χ2v) is 15.2. The topological polar surface area (TPSA) is 44.9 Å². The van der Waals surface area contributed by atoms with Crippen LogP contribution in [0.2, 0.25) is 0 Å². The largest absolute Gasteiger partial charge is 0.457 e. The predicted octanol–water partition coefficient (Wildman–Crippen LogP) is 11.9. The number of aromatic nitrogens is 4. The van der Waals surface area contributed by atoms with Crippen molar-refractivity contribution in [1.82, 2.24) is 19.3 Å². The molecule has 5 nitrogen and oxygen atoms in total. The molecule has 1 unspecified atom stereocenters. The average molecular weight is 651 g/mol. The lowest BCUT2D eigenvalue weighted by molar-refractivity contribution is 0.447. The van der Waals surface area contributed by atoms with Crippen LogP contribution in [-0.4, -0.2) is 19.3 Å². The Morgan fingerprint density at radius 1 is 0.878 bits per heavy atom. The van der Waals surface area contributed by atoms with Gasteiger partial charge in [0.05, 0.1) is 22.4 Å². The number of nitrogens with zero attached hydrogens (tertiary/aromatic N) is 4. The summed E-state index contributed by atoms with van der Waals surface area (Å²) in [6, 6.07) is 26.0. The minimum atomic E-state index is -0.0743. The molecule has 3 aromatic heterocycles. The quantitative estimate of drug-likeness (QED) is 0.154. The SMILES string of the molecule is CCCCc1ccnc(-n2c3ccccc3c3ccc(Oc4cc(-n5nc(C)c(C6C(C)=CCC[C@@H]6C)c5C)cc(C(C)(C)C)c4)cc32)c1. The van der Waals surface area contributed by atoms with E-state index in [2.05, 4.69) is 144 Å². The fourth-order valence-corrected chi connectivity index (χ4v) is 7.90. The molecule has 0 bridgehead atoms. The van der Waals surface area contributed by atoms with Crippen LogP contribution in [0.3, 0.4) is 0 Å². The van der Waals surface area contributed by atoms with Crippen molar-refractivity contribution < 1.29 is 4.74 Å². The van der Waals surface area contributed by atoms with Gasteiger partial charge in [-0.1, -0.05) is 70.9 Å². The van der Waals surface area contributed by atoms with Crippen LogP contribution in [0.15, 0.2) is 90.6 Å². The summed E-state index contributed by atoms with van der Waals surface area (Å²) in [6.07, 6.45) is 10.1. The number of allylic oxidation sites excluding steroid dienone is 2. The second kappa shape index (κ2) is 13.0. The van der Waals surface area contributed by atoms with Crippen molar-refractivity contribution in [3.63, 3.8) is 0 Å². The van der Waals surface area contributed by atoms with Crippen molar-refractivity contribution >= 4 is 21.8 Å². The minimum absolute atomic E-state index is 0.0743. The van der Waals surface area contributed by atoms with Crippen molar-refractivity contribution in [1.29, 1.82) is 0 Å². The van der Waals surface area contributed by atoms with Crippen LogP contribution >= 0.6 is 0 Å². The Labute approximate surface area is 291 Å². The highest BCUT2D eigenvalue weighted by atomic mass is 16.5. The van der Waals surface area contributed by atoms with Gasteiger partial charge in [0.15, 0.2) is 0 Å². The Kier molecular flexibility index (Phi) is 8.73. The number of benzene rings is 3. The highest BCUT2D eigenvalue weighted by Gasteiger charge is 2.30. The Balaban J connectivity index is 1.32. The highest BCUT2D eigenvalue weighted by Crippen LogP contribution is 2.42. The monoisotopic (exact) mass is 650 g/mol. The number of aryl methyl sites for hydroxylation is 2. The van der Waals surface area contributed by atoms with Crippen molar-refractivity contribution in [3.8, 4) is 23.0 Å². The Hall–Kier alpha value is -4.64. The number of hydrogen-bond donors (Lipinski definition) is 0. The zero-order chi connectivity index (χ0) is 34.4. The van der Waals surface area contributed by atoms with Gasteiger partial charge in [0, 0.05) is 46.3 Å². The lowest BCUT2D eigenvalue weighted by Crippen LogP contribution is -2.16. The molecule has 3 aromatic carbocycles. The molecule has 252 valence electrons. The molecule has 1 aliphatic rings. The molecule has 0 amide bonds. The number of pyridine rings is 1. The van der Waals surface area contributed by atoms with Gasteiger partial charge < -0.3 is 4.74 Å². The number of rotatable bonds is 8. The van der Waals surface area contributed by atoms with Crippen molar-refractivity contribution in [2.45, 2.75) is 98.8 Å². The molecule has 3 heterocycles. The van der Waals surface area contributed by atoms with E-state index >= 15 is 0 Å². The molecule has 6 aromatic rings. The fraction of sp³-hybridized carbons (Fsp3) is 0.364. The molecule has 5 heteroatoms. The van der Waals surface area contributed by atoms with Crippen LogP contribution in [0.25, 0.3) is 33.3 Å². The molecule has 0 saturated heterocycles. The normalized spacial score (nSPS) is 16.8. The molecular weight excluding hydrogens is 601 g/mol. The maximum Gasteiger partial charge on any atom is 0.137 e. The van der Waals surface area contributed by atoms with E-state index in [-0.39, 0.29) is 5.41 Å². The van der Waals surface area contributed by atoms with Gasteiger partial charge in [-0.25, -0.2) is 9.67 Å². The summed E-state index contributed by atoms with van der Waals surface area (Å²) < 4.78 is 11.2. The number of fused-ring (bicyclic) bond motifs is 3.